The molecule has 5 heteroatoms. The Hall–Kier alpha value is -1.75. The van der Waals surface area contributed by atoms with E-state index in [1.54, 1.807) is 7.11 Å². The summed E-state index contributed by atoms with van der Waals surface area (Å²) in [5, 5.41) is 2.94. The molecule has 2 aliphatic heterocycles. The Morgan fingerprint density at radius 2 is 2.39 bits per heavy atom. The highest BCUT2D eigenvalue weighted by Gasteiger charge is 2.30. The first-order valence-electron chi connectivity index (χ1n) is 6.10. The quantitative estimate of drug-likeness (QED) is 0.812. The van der Waals surface area contributed by atoms with Gasteiger partial charge in [-0.05, 0) is 12.1 Å². The number of ether oxygens (including phenoxy) is 2. The van der Waals surface area contributed by atoms with Gasteiger partial charge in [0.15, 0.2) is 0 Å². The Kier molecular flexibility index (Phi) is 2.83. The van der Waals surface area contributed by atoms with Gasteiger partial charge >= 0.3 is 0 Å². The molecule has 0 aliphatic carbocycles. The van der Waals surface area contributed by atoms with Crippen LogP contribution in [-0.2, 0) is 9.53 Å². The van der Waals surface area contributed by atoms with Crippen LogP contribution in [0, 0.1) is 0 Å². The van der Waals surface area contributed by atoms with Gasteiger partial charge in [0.2, 0.25) is 5.91 Å². The van der Waals surface area contributed by atoms with Crippen molar-refractivity contribution < 1.29 is 14.3 Å². The predicted molar refractivity (Wildman–Crippen MR) is 68.2 cm³/mol. The molecule has 1 amide bonds. The first-order valence-corrected chi connectivity index (χ1v) is 6.10. The number of carbonyl (C=O) groups excluding carboxylic acids is 1. The Labute approximate surface area is 106 Å². The maximum absolute atomic E-state index is 11.9. The summed E-state index contributed by atoms with van der Waals surface area (Å²) in [6, 6.07) is 5.92. The minimum absolute atomic E-state index is 0.0301. The van der Waals surface area contributed by atoms with Crippen LogP contribution in [0.4, 0.5) is 11.4 Å². The minimum atomic E-state index is 0.0301. The molecule has 1 saturated heterocycles. The van der Waals surface area contributed by atoms with E-state index < -0.39 is 0 Å². The van der Waals surface area contributed by atoms with E-state index in [2.05, 4.69) is 10.2 Å². The molecule has 0 radical (unpaired) electrons. The lowest BCUT2D eigenvalue weighted by atomic mass is 10.1. The van der Waals surface area contributed by atoms with E-state index in [1.165, 1.54) is 0 Å². The fourth-order valence-electron chi connectivity index (χ4n) is 2.55. The maximum atomic E-state index is 11.9. The summed E-state index contributed by atoms with van der Waals surface area (Å²) in [5.74, 6) is 0.781. The van der Waals surface area contributed by atoms with Gasteiger partial charge in [-0.2, -0.15) is 0 Å². The number of nitrogens with zero attached hydrogens (tertiary/aromatic N) is 1. The highest BCUT2D eigenvalue weighted by molar-refractivity contribution is 5.97. The number of morpholine rings is 1. The van der Waals surface area contributed by atoms with Crippen LogP contribution in [0.25, 0.3) is 0 Å². The molecule has 1 fully saturated rings. The van der Waals surface area contributed by atoms with Gasteiger partial charge in [-0.3, -0.25) is 4.79 Å². The predicted octanol–water partition coefficient (Wildman–Crippen LogP) is 1.24. The van der Waals surface area contributed by atoms with E-state index >= 15 is 0 Å². The molecule has 1 atom stereocenters. The molecule has 18 heavy (non-hydrogen) atoms. The number of hydrogen-bond acceptors (Lipinski definition) is 4. The molecule has 0 bridgehead atoms. The van der Waals surface area contributed by atoms with Crippen molar-refractivity contribution in [3.8, 4) is 5.75 Å². The van der Waals surface area contributed by atoms with Gasteiger partial charge in [-0.1, -0.05) is 0 Å². The maximum Gasteiger partial charge on any atom is 0.226 e. The van der Waals surface area contributed by atoms with Gasteiger partial charge < -0.3 is 19.7 Å². The third kappa shape index (κ3) is 1.90. The molecule has 1 unspecified atom stereocenters. The summed E-state index contributed by atoms with van der Waals surface area (Å²) in [4.78, 5) is 14.1. The molecule has 2 aliphatic rings. The van der Waals surface area contributed by atoms with Gasteiger partial charge in [-0.15, -0.1) is 0 Å². The van der Waals surface area contributed by atoms with Crippen molar-refractivity contribution in [2.24, 2.45) is 0 Å². The number of methoxy groups -OCH3 is 1. The molecular weight excluding hydrogens is 232 g/mol. The van der Waals surface area contributed by atoms with Crippen molar-refractivity contribution in [1.29, 1.82) is 0 Å². The summed E-state index contributed by atoms with van der Waals surface area (Å²) in [6.07, 6.45) is 0.469. The molecule has 1 aromatic carbocycles. The Morgan fingerprint density at radius 1 is 1.50 bits per heavy atom. The van der Waals surface area contributed by atoms with E-state index in [4.69, 9.17) is 9.47 Å². The van der Waals surface area contributed by atoms with Crippen LogP contribution >= 0.6 is 0 Å². The number of hydrogen-bond donors (Lipinski definition) is 1. The summed E-state index contributed by atoms with van der Waals surface area (Å²) in [7, 11) is 1.62. The molecule has 0 saturated carbocycles. The monoisotopic (exact) mass is 248 g/mol. The van der Waals surface area contributed by atoms with Crippen LogP contribution in [0.5, 0.6) is 5.75 Å². The smallest absolute Gasteiger partial charge is 0.226 e. The van der Waals surface area contributed by atoms with E-state index in [9.17, 15) is 4.79 Å². The molecule has 96 valence electrons. The second-order valence-electron chi connectivity index (χ2n) is 4.56. The average molecular weight is 248 g/mol. The first kappa shape index (κ1) is 11.3. The van der Waals surface area contributed by atoms with Crippen LogP contribution in [-0.4, -0.2) is 38.8 Å². The van der Waals surface area contributed by atoms with Crippen LogP contribution in [0.2, 0.25) is 0 Å². The highest BCUT2D eigenvalue weighted by Crippen LogP contribution is 2.35. The number of benzene rings is 1. The fraction of sp³-hybridized carbons (Fsp3) is 0.462. The molecule has 3 rings (SSSR count). The largest absolute Gasteiger partial charge is 0.497 e. The standard InChI is InChI=1S/C13H16N2O3/c1-17-10-2-3-12-11(7-10)14-13(16)6-9-8-18-5-4-15(9)12/h2-3,7,9H,4-6,8H2,1H3,(H,14,16). The zero-order chi connectivity index (χ0) is 12.5. The SMILES string of the molecule is COc1ccc2c(c1)NC(=O)CC1COCCN21. The van der Waals surface area contributed by atoms with E-state index in [0.717, 1.165) is 23.7 Å². The van der Waals surface area contributed by atoms with Crippen molar-refractivity contribution in [1.82, 2.24) is 0 Å². The van der Waals surface area contributed by atoms with Crippen molar-refractivity contribution >= 4 is 17.3 Å². The zero-order valence-corrected chi connectivity index (χ0v) is 10.3. The second kappa shape index (κ2) is 4.49. The Balaban J connectivity index is 2.03. The number of amides is 1. The van der Waals surface area contributed by atoms with Gasteiger partial charge in [0.1, 0.15) is 5.75 Å². The highest BCUT2D eigenvalue weighted by atomic mass is 16.5. The average Bonchev–Trinajstić information content (AvgIpc) is 2.53. The van der Waals surface area contributed by atoms with Gasteiger partial charge in [-0.25, -0.2) is 0 Å². The number of fused-ring (bicyclic) bond motifs is 3. The number of carbonyl (C=O) groups is 1. The topological polar surface area (TPSA) is 50.8 Å². The van der Waals surface area contributed by atoms with E-state index in [0.29, 0.717) is 19.6 Å². The van der Waals surface area contributed by atoms with Crippen LogP contribution in [0.1, 0.15) is 6.42 Å². The fourth-order valence-corrected chi connectivity index (χ4v) is 2.55. The van der Waals surface area contributed by atoms with E-state index in [-0.39, 0.29) is 11.9 Å². The lowest BCUT2D eigenvalue weighted by molar-refractivity contribution is -0.116. The van der Waals surface area contributed by atoms with Gasteiger partial charge in [0.25, 0.3) is 0 Å². The first-order chi connectivity index (χ1) is 8.78. The number of anilines is 2. The molecule has 1 aromatic rings. The number of rotatable bonds is 1. The van der Waals surface area contributed by atoms with Crippen molar-refractivity contribution in [2.45, 2.75) is 12.5 Å². The Bertz CT molecular complexity index is 475. The molecule has 0 aromatic heterocycles. The van der Waals surface area contributed by atoms with Crippen LogP contribution in [0.15, 0.2) is 18.2 Å². The van der Waals surface area contributed by atoms with Crippen molar-refractivity contribution in [3.63, 3.8) is 0 Å². The summed E-state index contributed by atoms with van der Waals surface area (Å²) < 4.78 is 10.7. The lowest BCUT2D eigenvalue weighted by Gasteiger charge is -2.36. The van der Waals surface area contributed by atoms with Gasteiger partial charge in [0, 0.05) is 19.0 Å². The van der Waals surface area contributed by atoms with Gasteiger partial charge in [0.05, 0.1) is 37.7 Å². The van der Waals surface area contributed by atoms with Crippen molar-refractivity contribution in [3.05, 3.63) is 18.2 Å². The molecule has 5 nitrogen and oxygen atoms in total. The van der Waals surface area contributed by atoms with E-state index in [1.807, 2.05) is 18.2 Å². The Morgan fingerprint density at radius 3 is 3.22 bits per heavy atom. The summed E-state index contributed by atoms with van der Waals surface area (Å²) in [6.45, 7) is 2.13. The minimum Gasteiger partial charge on any atom is -0.497 e. The van der Waals surface area contributed by atoms with Crippen molar-refractivity contribution in [2.75, 3.05) is 37.1 Å². The second-order valence-corrected chi connectivity index (χ2v) is 4.56. The third-order valence-electron chi connectivity index (χ3n) is 3.44. The van der Waals surface area contributed by atoms with Crippen LogP contribution < -0.4 is 15.0 Å². The summed E-state index contributed by atoms with van der Waals surface area (Å²) >= 11 is 0. The number of nitrogens with one attached hydrogen (secondary N) is 1. The zero-order valence-electron chi connectivity index (χ0n) is 10.3. The molecular formula is C13H16N2O3. The molecule has 0 spiro atoms. The van der Waals surface area contributed by atoms with Crippen LogP contribution in [0.3, 0.4) is 0 Å². The molecule has 1 N–H and O–H groups in total. The third-order valence-corrected chi connectivity index (χ3v) is 3.44. The lowest BCUT2D eigenvalue weighted by Crippen LogP contribution is -2.45. The normalized spacial score (nSPS) is 22.6. The summed E-state index contributed by atoms with van der Waals surface area (Å²) in [5.41, 5.74) is 1.87. The molecule has 2 heterocycles.